The highest BCUT2D eigenvalue weighted by Gasteiger charge is 2.30. The van der Waals surface area contributed by atoms with Crippen LogP contribution in [0.5, 0.6) is 0 Å². The summed E-state index contributed by atoms with van der Waals surface area (Å²) >= 11 is 1.22. The number of carbonyl (C=O) groups excluding carboxylic acids is 1. The number of methoxy groups -OCH3 is 1. The van der Waals surface area contributed by atoms with Crippen molar-refractivity contribution in [1.82, 2.24) is 9.55 Å². The van der Waals surface area contributed by atoms with Crippen LogP contribution in [0.1, 0.15) is 5.56 Å². The van der Waals surface area contributed by atoms with Gasteiger partial charge in [-0.15, -0.1) is 0 Å². The van der Waals surface area contributed by atoms with Gasteiger partial charge in [0.1, 0.15) is 0 Å². The number of nitrogens with zero attached hydrogens (tertiary/aromatic N) is 2. The zero-order chi connectivity index (χ0) is 20.1. The van der Waals surface area contributed by atoms with Crippen molar-refractivity contribution in [2.75, 3.05) is 24.8 Å². The first kappa shape index (κ1) is 20.2. The molecule has 1 heterocycles. The molecule has 0 spiro atoms. The molecule has 3 aromatic rings. The van der Waals surface area contributed by atoms with E-state index in [9.17, 15) is 18.0 Å². The van der Waals surface area contributed by atoms with Crippen molar-refractivity contribution < 1.29 is 22.7 Å². The number of amides is 1. The molecule has 1 N–H and O–H groups in total. The van der Waals surface area contributed by atoms with Crippen LogP contribution in [0.4, 0.5) is 18.9 Å². The number of ether oxygens (including phenoxy) is 1. The van der Waals surface area contributed by atoms with E-state index in [1.54, 1.807) is 7.11 Å². The van der Waals surface area contributed by atoms with Gasteiger partial charge in [0.05, 0.1) is 29.0 Å². The molecule has 0 fully saturated rings. The second kappa shape index (κ2) is 8.66. The summed E-state index contributed by atoms with van der Waals surface area (Å²) in [6, 6.07) is 12.2. The molecule has 0 aliphatic heterocycles. The summed E-state index contributed by atoms with van der Waals surface area (Å²) in [6.07, 6.45) is -4.46. The van der Waals surface area contributed by atoms with Crippen molar-refractivity contribution in [3.63, 3.8) is 0 Å². The molecule has 1 amide bonds. The normalized spacial score (nSPS) is 11.7. The summed E-state index contributed by atoms with van der Waals surface area (Å²) < 4.78 is 45.4. The van der Waals surface area contributed by atoms with E-state index in [4.69, 9.17) is 4.74 Å². The Bertz CT molecular complexity index is 972. The van der Waals surface area contributed by atoms with Gasteiger partial charge in [-0.1, -0.05) is 30.0 Å². The Kier molecular flexibility index (Phi) is 6.25. The zero-order valence-electron chi connectivity index (χ0n) is 15.0. The minimum atomic E-state index is -4.46. The predicted octanol–water partition coefficient (Wildman–Crippen LogP) is 4.43. The number of aromatic nitrogens is 2. The van der Waals surface area contributed by atoms with Crippen LogP contribution in [0.15, 0.2) is 53.7 Å². The number of hydrogen-bond acceptors (Lipinski definition) is 4. The van der Waals surface area contributed by atoms with Crippen molar-refractivity contribution in [2.45, 2.75) is 17.9 Å². The molecule has 0 atom stereocenters. The lowest BCUT2D eigenvalue weighted by Gasteiger charge is -2.10. The highest BCUT2D eigenvalue weighted by atomic mass is 32.2. The molecule has 9 heteroatoms. The minimum absolute atomic E-state index is 0.0204. The van der Waals surface area contributed by atoms with E-state index in [1.807, 2.05) is 28.8 Å². The number of halogens is 3. The van der Waals surface area contributed by atoms with Gasteiger partial charge >= 0.3 is 6.18 Å². The molecule has 2 aromatic carbocycles. The van der Waals surface area contributed by atoms with Gasteiger partial charge in [-0.05, 0) is 30.3 Å². The third-order valence-electron chi connectivity index (χ3n) is 3.94. The van der Waals surface area contributed by atoms with Crippen LogP contribution in [-0.2, 0) is 22.3 Å². The lowest BCUT2D eigenvalue weighted by molar-refractivity contribution is -0.137. The number of anilines is 1. The Morgan fingerprint density at radius 1 is 1.21 bits per heavy atom. The Morgan fingerprint density at radius 3 is 2.75 bits per heavy atom. The Labute approximate surface area is 163 Å². The molecule has 0 bridgehead atoms. The monoisotopic (exact) mass is 409 g/mol. The number of nitrogens with one attached hydrogen (secondary N) is 1. The fourth-order valence-corrected chi connectivity index (χ4v) is 3.50. The van der Waals surface area contributed by atoms with Gasteiger partial charge in [0, 0.05) is 19.3 Å². The largest absolute Gasteiger partial charge is 0.416 e. The number of hydrogen-bond donors (Lipinski definition) is 1. The van der Waals surface area contributed by atoms with Gasteiger partial charge < -0.3 is 14.6 Å². The van der Waals surface area contributed by atoms with E-state index in [0.29, 0.717) is 18.3 Å². The lowest BCUT2D eigenvalue weighted by atomic mass is 10.2. The van der Waals surface area contributed by atoms with Crippen molar-refractivity contribution in [3.05, 3.63) is 54.1 Å². The highest BCUT2D eigenvalue weighted by Crippen LogP contribution is 2.31. The molecule has 148 valence electrons. The second-order valence-electron chi connectivity index (χ2n) is 5.94. The Morgan fingerprint density at radius 2 is 2.00 bits per heavy atom. The standard InChI is InChI=1S/C19H18F3N3O2S/c1-27-10-9-25-16-8-3-2-7-15(16)24-18(25)28-12-17(26)23-14-6-4-5-13(11-14)19(20,21)22/h2-8,11H,9-10,12H2,1H3,(H,23,26). The summed E-state index contributed by atoms with van der Waals surface area (Å²) in [7, 11) is 1.61. The Balaban J connectivity index is 1.69. The molecular formula is C19H18F3N3O2S. The average molecular weight is 409 g/mol. The first-order valence-corrected chi connectivity index (χ1v) is 9.41. The van der Waals surface area contributed by atoms with Crippen LogP contribution in [0.25, 0.3) is 11.0 Å². The summed E-state index contributed by atoms with van der Waals surface area (Å²) in [5.74, 6) is -0.387. The molecule has 28 heavy (non-hydrogen) atoms. The maximum absolute atomic E-state index is 12.8. The van der Waals surface area contributed by atoms with Gasteiger partial charge in [0.15, 0.2) is 5.16 Å². The van der Waals surface area contributed by atoms with Crippen LogP contribution in [0.3, 0.4) is 0 Å². The maximum Gasteiger partial charge on any atom is 0.416 e. The summed E-state index contributed by atoms with van der Waals surface area (Å²) in [5, 5.41) is 3.15. The minimum Gasteiger partial charge on any atom is -0.383 e. The average Bonchev–Trinajstić information content (AvgIpc) is 3.02. The molecule has 3 rings (SSSR count). The van der Waals surface area contributed by atoms with Crippen LogP contribution in [0, 0.1) is 0 Å². The molecule has 5 nitrogen and oxygen atoms in total. The summed E-state index contributed by atoms with van der Waals surface area (Å²) in [4.78, 5) is 16.7. The second-order valence-corrected chi connectivity index (χ2v) is 6.89. The van der Waals surface area contributed by atoms with E-state index >= 15 is 0 Å². The fourth-order valence-electron chi connectivity index (χ4n) is 2.66. The number of alkyl halides is 3. The van der Waals surface area contributed by atoms with Gasteiger partial charge in [-0.2, -0.15) is 13.2 Å². The molecule has 0 aliphatic rings. The molecule has 0 unspecified atom stereocenters. The highest BCUT2D eigenvalue weighted by molar-refractivity contribution is 7.99. The molecule has 0 saturated heterocycles. The molecule has 1 aromatic heterocycles. The SMILES string of the molecule is COCCn1c(SCC(=O)Nc2cccc(C(F)(F)F)c2)nc2ccccc21. The summed E-state index contributed by atoms with van der Waals surface area (Å²) in [6.45, 7) is 1.07. The molecular weight excluding hydrogens is 391 g/mol. The number of benzene rings is 2. The fraction of sp³-hybridized carbons (Fsp3) is 0.263. The van der Waals surface area contributed by atoms with E-state index in [1.165, 1.54) is 23.9 Å². The first-order chi connectivity index (χ1) is 13.4. The topological polar surface area (TPSA) is 56.1 Å². The van der Waals surface area contributed by atoms with Crippen molar-refractivity contribution in [2.24, 2.45) is 0 Å². The third kappa shape index (κ3) is 4.85. The first-order valence-electron chi connectivity index (χ1n) is 8.42. The molecule has 0 radical (unpaired) electrons. The number of rotatable bonds is 7. The van der Waals surface area contributed by atoms with Crippen LogP contribution < -0.4 is 5.32 Å². The smallest absolute Gasteiger partial charge is 0.383 e. The number of thioether (sulfide) groups is 1. The van der Waals surface area contributed by atoms with Gasteiger partial charge in [0.2, 0.25) is 5.91 Å². The number of imidazole rings is 1. The lowest BCUT2D eigenvalue weighted by Crippen LogP contribution is -2.15. The van der Waals surface area contributed by atoms with Crippen LogP contribution >= 0.6 is 11.8 Å². The predicted molar refractivity (Wildman–Crippen MR) is 102 cm³/mol. The Hall–Kier alpha value is -2.52. The van der Waals surface area contributed by atoms with Crippen LogP contribution in [0.2, 0.25) is 0 Å². The number of fused-ring (bicyclic) bond motifs is 1. The summed E-state index contributed by atoms with van der Waals surface area (Å²) in [5.41, 5.74) is 1.03. The van der Waals surface area contributed by atoms with E-state index in [-0.39, 0.29) is 11.4 Å². The van der Waals surface area contributed by atoms with Crippen molar-refractivity contribution >= 4 is 34.4 Å². The van der Waals surface area contributed by atoms with E-state index in [2.05, 4.69) is 10.3 Å². The number of carbonyl (C=O) groups is 1. The van der Waals surface area contributed by atoms with Gasteiger partial charge in [-0.3, -0.25) is 4.79 Å². The van der Waals surface area contributed by atoms with Crippen molar-refractivity contribution in [3.8, 4) is 0 Å². The molecule has 0 saturated carbocycles. The van der Waals surface area contributed by atoms with E-state index in [0.717, 1.165) is 23.2 Å². The molecule has 0 aliphatic carbocycles. The number of para-hydroxylation sites is 2. The maximum atomic E-state index is 12.8. The third-order valence-corrected chi connectivity index (χ3v) is 4.92. The van der Waals surface area contributed by atoms with Gasteiger partial charge in [-0.25, -0.2) is 4.98 Å². The quantitative estimate of drug-likeness (QED) is 0.587. The van der Waals surface area contributed by atoms with Crippen molar-refractivity contribution in [1.29, 1.82) is 0 Å². The van der Waals surface area contributed by atoms with Gasteiger partial charge in [0.25, 0.3) is 0 Å². The van der Waals surface area contributed by atoms with Crippen LogP contribution in [-0.4, -0.2) is 34.9 Å². The zero-order valence-corrected chi connectivity index (χ0v) is 15.8. The van der Waals surface area contributed by atoms with E-state index < -0.39 is 17.6 Å².